The van der Waals surface area contributed by atoms with Crippen LogP contribution < -0.4 is 5.32 Å². The fourth-order valence-corrected chi connectivity index (χ4v) is 1.62. The van der Waals surface area contributed by atoms with Crippen molar-refractivity contribution in [1.29, 1.82) is 0 Å². The molecule has 14 heavy (non-hydrogen) atoms. The van der Waals surface area contributed by atoms with E-state index in [1.807, 2.05) is 7.05 Å². The van der Waals surface area contributed by atoms with Crippen molar-refractivity contribution in [1.82, 2.24) is 10.2 Å². The van der Waals surface area contributed by atoms with Crippen molar-refractivity contribution < 1.29 is 14.3 Å². The highest BCUT2D eigenvalue weighted by atomic mass is 16.5. The average molecular weight is 200 g/mol. The zero-order valence-corrected chi connectivity index (χ0v) is 8.58. The minimum absolute atomic E-state index is 0.0698. The molecule has 1 heterocycles. The summed E-state index contributed by atoms with van der Waals surface area (Å²) in [6, 6.07) is 0.0698. The van der Waals surface area contributed by atoms with Gasteiger partial charge in [0.1, 0.15) is 0 Å². The van der Waals surface area contributed by atoms with Crippen LogP contribution in [-0.4, -0.2) is 50.1 Å². The fraction of sp³-hybridized carbons (Fsp3) is 0.778. The van der Waals surface area contributed by atoms with Gasteiger partial charge >= 0.3 is 11.9 Å². The Labute approximate surface area is 83.4 Å². The van der Waals surface area contributed by atoms with E-state index in [4.69, 9.17) is 0 Å². The molecule has 1 aliphatic rings. The van der Waals surface area contributed by atoms with E-state index < -0.39 is 11.9 Å². The smallest absolute Gasteiger partial charge is 0.396 e. The van der Waals surface area contributed by atoms with Crippen LogP contribution in [0, 0.1) is 0 Å². The first-order valence-corrected chi connectivity index (χ1v) is 4.71. The van der Waals surface area contributed by atoms with E-state index in [0.717, 1.165) is 25.9 Å². The normalized spacial score (nSPS) is 22.9. The molecule has 1 N–H and O–H groups in total. The number of ether oxygens (including phenoxy) is 1. The number of nitrogens with zero attached hydrogens (tertiary/aromatic N) is 1. The molecule has 0 bridgehead atoms. The van der Waals surface area contributed by atoms with Gasteiger partial charge in [0, 0.05) is 12.6 Å². The SMILES string of the molecule is COC(=O)C(=O)NC1CCCN(C)C1. The summed E-state index contributed by atoms with van der Waals surface area (Å²) >= 11 is 0. The molecular formula is C9H16N2O3. The molecule has 1 unspecified atom stereocenters. The summed E-state index contributed by atoms with van der Waals surface area (Å²) < 4.78 is 4.32. The van der Waals surface area contributed by atoms with Gasteiger partial charge in [-0.2, -0.15) is 0 Å². The molecule has 1 aliphatic heterocycles. The summed E-state index contributed by atoms with van der Waals surface area (Å²) in [6.45, 7) is 1.84. The van der Waals surface area contributed by atoms with Crippen molar-refractivity contribution in [2.24, 2.45) is 0 Å². The van der Waals surface area contributed by atoms with Crippen LogP contribution in [0.15, 0.2) is 0 Å². The van der Waals surface area contributed by atoms with E-state index in [9.17, 15) is 9.59 Å². The number of carbonyl (C=O) groups is 2. The number of nitrogens with one attached hydrogen (secondary N) is 1. The predicted octanol–water partition coefficient (Wildman–Crippen LogP) is -0.630. The maximum atomic E-state index is 11.1. The van der Waals surface area contributed by atoms with Gasteiger partial charge in [0.2, 0.25) is 0 Å². The molecule has 1 amide bonds. The van der Waals surface area contributed by atoms with Gasteiger partial charge in [0.25, 0.3) is 0 Å². The lowest BCUT2D eigenvalue weighted by Crippen LogP contribution is -2.48. The molecule has 0 spiro atoms. The van der Waals surface area contributed by atoms with Gasteiger partial charge in [-0.05, 0) is 26.4 Å². The van der Waals surface area contributed by atoms with Gasteiger partial charge in [0.05, 0.1) is 7.11 Å². The zero-order valence-electron chi connectivity index (χ0n) is 8.58. The van der Waals surface area contributed by atoms with Gasteiger partial charge in [-0.3, -0.25) is 4.79 Å². The summed E-state index contributed by atoms with van der Waals surface area (Å²) in [5, 5.41) is 2.64. The van der Waals surface area contributed by atoms with E-state index >= 15 is 0 Å². The third-order valence-corrected chi connectivity index (χ3v) is 2.33. The van der Waals surface area contributed by atoms with E-state index in [1.54, 1.807) is 0 Å². The van der Waals surface area contributed by atoms with Crippen molar-refractivity contribution in [3.63, 3.8) is 0 Å². The number of piperidine rings is 1. The van der Waals surface area contributed by atoms with Gasteiger partial charge in [-0.15, -0.1) is 0 Å². The van der Waals surface area contributed by atoms with E-state index in [0.29, 0.717) is 0 Å². The number of likely N-dealkylation sites (N-methyl/N-ethyl adjacent to an activating group) is 1. The van der Waals surface area contributed by atoms with Crippen LogP contribution in [0.4, 0.5) is 0 Å². The second kappa shape index (κ2) is 4.95. The average Bonchev–Trinajstić information content (AvgIpc) is 2.16. The van der Waals surface area contributed by atoms with Gasteiger partial charge in [-0.1, -0.05) is 0 Å². The Morgan fingerprint density at radius 2 is 2.21 bits per heavy atom. The van der Waals surface area contributed by atoms with Crippen molar-refractivity contribution in [2.45, 2.75) is 18.9 Å². The Bertz CT molecular complexity index is 230. The molecule has 0 radical (unpaired) electrons. The van der Waals surface area contributed by atoms with Crippen molar-refractivity contribution in [2.75, 3.05) is 27.2 Å². The quantitative estimate of drug-likeness (QED) is 0.452. The summed E-state index contributed by atoms with van der Waals surface area (Å²) in [5.74, 6) is -1.47. The molecule has 0 aliphatic carbocycles. The molecule has 1 atom stereocenters. The Morgan fingerprint density at radius 3 is 2.79 bits per heavy atom. The monoisotopic (exact) mass is 200 g/mol. The molecule has 0 aromatic heterocycles. The highest BCUT2D eigenvalue weighted by molar-refractivity contribution is 6.32. The minimum atomic E-state index is -0.821. The summed E-state index contributed by atoms with van der Waals surface area (Å²) in [5.41, 5.74) is 0. The Hall–Kier alpha value is -1.10. The lowest BCUT2D eigenvalue weighted by atomic mass is 10.1. The molecule has 1 saturated heterocycles. The number of methoxy groups -OCH3 is 1. The summed E-state index contributed by atoms with van der Waals surface area (Å²) in [6.07, 6.45) is 1.97. The summed E-state index contributed by atoms with van der Waals surface area (Å²) in [7, 11) is 3.20. The molecule has 5 heteroatoms. The number of amides is 1. The highest BCUT2D eigenvalue weighted by Gasteiger charge is 2.22. The van der Waals surface area contributed by atoms with Crippen molar-refractivity contribution in [3.05, 3.63) is 0 Å². The highest BCUT2D eigenvalue weighted by Crippen LogP contribution is 2.07. The number of likely N-dealkylation sites (tertiary alicyclic amines) is 1. The molecular weight excluding hydrogens is 184 g/mol. The zero-order chi connectivity index (χ0) is 10.6. The molecule has 0 aromatic rings. The topological polar surface area (TPSA) is 58.6 Å². The van der Waals surface area contributed by atoms with Crippen LogP contribution >= 0.6 is 0 Å². The molecule has 5 nitrogen and oxygen atoms in total. The first-order chi connectivity index (χ1) is 6.63. The number of esters is 1. The van der Waals surface area contributed by atoms with Crippen molar-refractivity contribution in [3.8, 4) is 0 Å². The standard InChI is InChI=1S/C9H16N2O3/c1-11-5-3-4-7(6-11)10-8(12)9(13)14-2/h7H,3-6H2,1-2H3,(H,10,12). The maximum absolute atomic E-state index is 11.1. The van der Waals surface area contributed by atoms with Crippen LogP contribution in [0.3, 0.4) is 0 Å². The maximum Gasteiger partial charge on any atom is 0.396 e. The molecule has 1 rings (SSSR count). The molecule has 0 aromatic carbocycles. The molecule has 1 fully saturated rings. The van der Waals surface area contributed by atoms with Crippen LogP contribution in [0.5, 0.6) is 0 Å². The largest absolute Gasteiger partial charge is 0.462 e. The second-order valence-corrected chi connectivity index (χ2v) is 3.57. The lowest BCUT2D eigenvalue weighted by molar-refractivity contribution is -0.153. The minimum Gasteiger partial charge on any atom is -0.462 e. The summed E-state index contributed by atoms with van der Waals surface area (Å²) in [4.78, 5) is 24.1. The third kappa shape index (κ3) is 2.99. The molecule has 80 valence electrons. The van der Waals surface area contributed by atoms with Crippen LogP contribution in [0.1, 0.15) is 12.8 Å². The van der Waals surface area contributed by atoms with E-state index in [1.165, 1.54) is 7.11 Å². The number of hydrogen-bond acceptors (Lipinski definition) is 4. The van der Waals surface area contributed by atoms with E-state index in [-0.39, 0.29) is 6.04 Å². The van der Waals surface area contributed by atoms with Crippen molar-refractivity contribution >= 4 is 11.9 Å². The van der Waals surface area contributed by atoms with Gasteiger partial charge in [-0.25, -0.2) is 4.79 Å². The Morgan fingerprint density at radius 1 is 1.50 bits per heavy atom. The first kappa shape index (κ1) is 11.0. The van der Waals surface area contributed by atoms with Gasteiger partial charge in [0.15, 0.2) is 0 Å². The van der Waals surface area contributed by atoms with E-state index in [2.05, 4.69) is 15.0 Å². The Kier molecular flexibility index (Phi) is 3.88. The third-order valence-electron chi connectivity index (χ3n) is 2.33. The van der Waals surface area contributed by atoms with Crippen LogP contribution in [-0.2, 0) is 14.3 Å². The fourth-order valence-electron chi connectivity index (χ4n) is 1.62. The molecule has 0 saturated carbocycles. The Balaban J connectivity index is 2.36. The number of hydrogen-bond donors (Lipinski definition) is 1. The number of rotatable bonds is 1. The predicted molar refractivity (Wildman–Crippen MR) is 50.7 cm³/mol. The first-order valence-electron chi connectivity index (χ1n) is 4.71. The van der Waals surface area contributed by atoms with Crippen LogP contribution in [0.2, 0.25) is 0 Å². The van der Waals surface area contributed by atoms with Gasteiger partial charge < -0.3 is 15.0 Å². The number of carbonyl (C=O) groups excluding carboxylic acids is 2. The van der Waals surface area contributed by atoms with Crippen LogP contribution in [0.25, 0.3) is 0 Å². The second-order valence-electron chi connectivity index (χ2n) is 3.57. The lowest BCUT2D eigenvalue weighted by Gasteiger charge is -2.29.